The Bertz CT molecular complexity index is 1480. The van der Waals surface area contributed by atoms with E-state index in [1.165, 1.54) is 12.1 Å². The van der Waals surface area contributed by atoms with Gasteiger partial charge in [0.2, 0.25) is 11.8 Å². The smallest absolute Gasteiger partial charge is 0.269 e. The predicted molar refractivity (Wildman–Crippen MR) is 156 cm³/mol. The Kier molecular flexibility index (Phi) is 9.42. The lowest BCUT2D eigenvalue weighted by Gasteiger charge is -2.32. The van der Waals surface area contributed by atoms with Crippen LogP contribution in [-0.4, -0.2) is 54.0 Å². The molecule has 0 radical (unpaired) electrons. The molecule has 10 heteroatoms. The molecule has 1 N–H and O–H groups in total. The molecule has 0 fully saturated rings. The van der Waals surface area contributed by atoms with Crippen molar-refractivity contribution in [2.24, 2.45) is 0 Å². The fourth-order valence-electron chi connectivity index (χ4n) is 4.69. The topological polar surface area (TPSA) is 104 Å². The lowest BCUT2D eigenvalue weighted by atomic mass is 10.0. The molecule has 0 bridgehead atoms. The molecule has 1 unspecified atom stereocenters. The van der Waals surface area contributed by atoms with Gasteiger partial charge >= 0.3 is 0 Å². The van der Waals surface area contributed by atoms with E-state index in [0.717, 1.165) is 19.9 Å². The van der Waals surface area contributed by atoms with E-state index < -0.39 is 22.0 Å². The van der Waals surface area contributed by atoms with E-state index in [-0.39, 0.29) is 54.2 Å². The van der Waals surface area contributed by atoms with Crippen LogP contribution in [0.2, 0.25) is 0 Å². The Morgan fingerprint density at radius 3 is 2.23 bits per heavy atom. The van der Waals surface area contributed by atoms with Gasteiger partial charge in [0.15, 0.2) is 0 Å². The normalized spacial score (nSPS) is 14.6. The Morgan fingerprint density at radius 1 is 0.925 bits per heavy atom. The molecule has 1 heterocycles. The van der Waals surface area contributed by atoms with Crippen LogP contribution in [0.5, 0.6) is 0 Å². The third kappa shape index (κ3) is 6.79. The van der Waals surface area contributed by atoms with Crippen molar-refractivity contribution in [1.82, 2.24) is 14.5 Å². The van der Waals surface area contributed by atoms with Crippen molar-refractivity contribution in [3.8, 4) is 0 Å². The highest BCUT2D eigenvalue weighted by molar-refractivity contribution is 9.10. The van der Waals surface area contributed by atoms with E-state index in [1.807, 2.05) is 68.4 Å². The standard InChI is InChI=1S/C30H32BrN3O5S/c1-21(2)32-29(36)26(19-22-9-4-3-5-10-22)33(20-23-14-16-24(31)17-15-23)28(35)13-8-18-34-30(37)25-11-6-7-12-27(25)40(34,38)39/h3-7,9-12,14-17,21,26H,8,13,18-20H2,1-2H3,(H,32,36). The first-order valence-electron chi connectivity index (χ1n) is 13.1. The molecule has 0 spiro atoms. The van der Waals surface area contributed by atoms with Crippen LogP contribution in [0.15, 0.2) is 88.2 Å². The number of sulfonamides is 1. The second-order valence-electron chi connectivity index (χ2n) is 10.00. The number of nitrogens with zero attached hydrogens (tertiary/aromatic N) is 2. The monoisotopic (exact) mass is 625 g/mol. The summed E-state index contributed by atoms with van der Waals surface area (Å²) in [4.78, 5) is 41.5. The van der Waals surface area contributed by atoms with Crippen LogP contribution < -0.4 is 5.32 Å². The average Bonchev–Trinajstić information content (AvgIpc) is 3.12. The zero-order valence-electron chi connectivity index (χ0n) is 22.4. The highest BCUT2D eigenvalue weighted by Gasteiger charge is 2.40. The second kappa shape index (κ2) is 12.8. The summed E-state index contributed by atoms with van der Waals surface area (Å²) < 4.78 is 27.6. The summed E-state index contributed by atoms with van der Waals surface area (Å²) in [5.74, 6) is -1.16. The second-order valence-corrected chi connectivity index (χ2v) is 12.7. The van der Waals surface area contributed by atoms with Crippen LogP contribution in [0.1, 0.15) is 48.2 Å². The number of carbonyl (C=O) groups excluding carboxylic acids is 3. The molecule has 40 heavy (non-hydrogen) atoms. The first-order valence-corrected chi connectivity index (χ1v) is 15.4. The van der Waals surface area contributed by atoms with Crippen LogP contribution in [-0.2, 0) is 32.6 Å². The van der Waals surface area contributed by atoms with Gasteiger partial charge in [-0.15, -0.1) is 0 Å². The summed E-state index contributed by atoms with van der Waals surface area (Å²) in [6.07, 6.45) is 0.404. The number of hydrogen-bond acceptors (Lipinski definition) is 5. The third-order valence-corrected chi connectivity index (χ3v) is 9.00. The van der Waals surface area contributed by atoms with Gasteiger partial charge in [-0.3, -0.25) is 14.4 Å². The van der Waals surface area contributed by atoms with Gasteiger partial charge in [0, 0.05) is 36.4 Å². The van der Waals surface area contributed by atoms with Gasteiger partial charge in [0.05, 0.1) is 5.56 Å². The summed E-state index contributed by atoms with van der Waals surface area (Å²) in [7, 11) is -3.96. The molecular formula is C30H32BrN3O5S. The van der Waals surface area contributed by atoms with Crippen molar-refractivity contribution in [3.05, 3.63) is 100 Å². The minimum absolute atomic E-state index is 0.0172. The number of rotatable bonds is 11. The molecule has 210 valence electrons. The molecule has 1 aliphatic rings. The van der Waals surface area contributed by atoms with Gasteiger partial charge in [-0.25, -0.2) is 12.7 Å². The lowest BCUT2D eigenvalue weighted by Crippen LogP contribution is -2.51. The molecule has 3 aromatic carbocycles. The van der Waals surface area contributed by atoms with Gasteiger partial charge in [-0.05, 0) is 55.7 Å². The van der Waals surface area contributed by atoms with Crippen LogP contribution in [0.4, 0.5) is 0 Å². The summed E-state index contributed by atoms with van der Waals surface area (Å²) in [6, 6.07) is 22.2. The van der Waals surface area contributed by atoms with Gasteiger partial charge in [0.25, 0.3) is 15.9 Å². The van der Waals surface area contributed by atoms with E-state index >= 15 is 0 Å². The van der Waals surface area contributed by atoms with Crippen LogP contribution in [0.3, 0.4) is 0 Å². The summed E-state index contributed by atoms with van der Waals surface area (Å²) >= 11 is 3.43. The minimum Gasteiger partial charge on any atom is -0.352 e. The maximum atomic E-state index is 13.8. The maximum absolute atomic E-state index is 13.8. The first-order chi connectivity index (χ1) is 19.1. The van der Waals surface area contributed by atoms with Gasteiger partial charge < -0.3 is 10.2 Å². The Hall–Kier alpha value is -3.50. The fraction of sp³-hybridized carbons (Fsp3) is 0.300. The minimum atomic E-state index is -3.96. The van der Waals surface area contributed by atoms with Crippen molar-refractivity contribution in [3.63, 3.8) is 0 Å². The number of nitrogens with one attached hydrogen (secondary N) is 1. The van der Waals surface area contributed by atoms with Crippen molar-refractivity contribution < 1.29 is 22.8 Å². The predicted octanol–water partition coefficient (Wildman–Crippen LogP) is 4.54. The lowest BCUT2D eigenvalue weighted by molar-refractivity contribution is -0.141. The van der Waals surface area contributed by atoms with Crippen molar-refractivity contribution in [1.29, 1.82) is 0 Å². The summed E-state index contributed by atoms with van der Waals surface area (Å²) in [5, 5.41) is 2.95. The average molecular weight is 627 g/mol. The third-order valence-electron chi connectivity index (χ3n) is 6.63. The largest absolute Gasteiger partial charge is 0.352 e. The van der Waals surface area contributed by atoms with Gasteiger partial charge in [-0.1, -0.05) is 70.5 Å². The van der Waals surface area contributed by atoms with Gasteiger partial charge in [-0.2, -0.15) is 0 Å². The van der Waals surface area contributed by atoms with E-state index in [9.17, 15) is 22.8 Å². The number of amides is 3. The molecule has 0 aromatic heterocycles. The fourth-order valence-corrected chi connectivity index (χ4v) is 6.56. The van der Waals surface area contributed by atoms with Crippen molar-refractivity contribution in [2.45, 2.75) is 56.6 Å². The quantitative estimate of drug-likeness (QED) is 0.337. The van der Waals surface area contributed by atoms with Crippen molar-refractivity contribution in [2.75, 3.05) is 6.54 Å². The molecule has 3 aromatic rings. The zero-order valence-corrected chi connectivity index (χ0v) is 24.8. The Morgan fingerprint density at radius 2 is 1.57 bits per heavy atom. The molecule has 0 aliphatic carbocycles. The Balaban J connectivity index is 1.56. The van der Waals surface area contributed by atoms with Gasteiger partial charge in [0.1, 0.15) is 10.9 Å². The van der Waals surface area contributed by atoms with E-state index in [0.29, 0.717) is 6.42 Å². The number of carbonyl (C=O) groups is 3. The molecule has 8 nitrogen and oxygen atoms in total. The van der Waals surface area contributed by atoms with E-state index in [2.05, 4.69) is 21.2 Å². The van der Waals surface area contributed by atoms with Crippen LogP contribution in [0.25, 0.3) is 0 Å². The first kappa shape index (κ1) is 29.5. The highest BCUT2D eigenvalue weighted by Crippen LogP contribution is 2.30. The molecule has 3 amide bonds. The van der Waals surface area contributed by atoms with Crippen LogP contribution in [0, 0.1) is 0 Å². The summed E-state index contributed by atoms with van der Waals surface area (Å²) in [6.45, 7) is 3.80. The number of fused-ring (bicyclic) bond motifs is 1. The SMILES string of the molecule is CC(C)NC(=O)C(Cc1ccccc1)N(Cc1ccc(Br)cc1)C(=O)CCCN1C(=O)c2ccccc2S1(=O)=O. The number of hydrogen-bond donors (Lipinski definition) is 1. The Labute approximate surface area is 243 Å². The van der Waals surface area contributed by atoms with E-state index in [1.54, 1.807) is 17.0 Å². The zero-order chi connectivity index (χ0) is 28.9. The van der Waals surface area contributed by atoms with Crippen LogP contribution >= 0.6 is 15.9 Å². The van der Waals surface area contributed by atoms with E-state index in [4.69, 9.17) is 0 Å². The number of benzene rings is 3. The molecule has 4 rings (SSSR count). The molecule has 1 aliphatic heterocycles. The molecule has 1 atom stereocenters. The summed E-state index contributed by atoms with van der Waals surface area (Å²) in [5.41, 5.74) is 1.89. The molecular weight excluding hydrogens is 594 g/mol. The number of halogens is 1. The molecule has 0 saturated carbocycles. The highest BCUT2D eigenvalue weighted by atomic mass is 79.9. The maximum Gasteiger partial charge on any atom is 0.269 e. The molecule has 0 saturated heterocycles. The van der Waals surface area contributed by atoms with Crippen molar-refractivity contribution >= 4 is 43.7 Å².